The zero-order chi connectivity index (χ0) is 16.9. The Labute approximate surface area is 141 Å². The molecule has 0 fully saturated rings. The number of aromatic nitrogens is 5. The molecule has 0 aliphatic rings. The van der Waals surface area contributed by atoms with E-state index in [2.05, 4.69) is 25.8 Å². The highest BCUT2D eigenvalue weighted by Crippen LogP contribution is 2.24. The molecule has 0 aliphatic carbocycles. The van der Waals surface area contributed by atoms with Crippen molar-refractivity contribution in [3.63, 3.8) is 0 Å². The number of benzene rings is 1. The average Bonchev–Trinajstić information content (AvgIpc) is 3.10. The molecule has 2 aromatic heterocycles. The summed E-state index contributed by atoms with van der Waals surface area (Å²) in [5.41, 5.74) is 1.76. The number of aryl methyl sites for hydroxylation is 1. The van der Waals surface area contributed by atoms with Crippen LogP contribution < -0.4 is 5.32 Å². The number of rotatable bonds is 5. The lowest BCUT2D eigenvalue weighted by Gasteiger charge is -2.09. The largest absolute Gasteiger partial charge is 0.325 e. The predicted molar refractivity (Wildman–Crippen MR) is 85.3 cm³/mol. The number of nitrogens with one attached hydrogen (secondary N) is 1. The van der Waals surface area contributed by atoms with Crippen LogP contribution in [0.5, 0.6) is 0 Å². The van der Waals surface area contributed by atoms with Crippen molar-refractivity contribution in [3.05, 3.63) is 59.4 Å². The molecule has 0 aliphatic heterocycles. The van der Waals surface area contributed by atoms with Crippen molar-refractivity contribution in [3.8, 4) is 5.69 Å². The fourth-order valence-corrected chi connectivity index (χ4v) is 2.26. The van der Waals surface area contributed by atoms with Gasteiger partial charge in [-0.1, -0.05) is 11.6 Å². The third-order valence-corrected chi connectivity index (χ3v) is 3.57. The molecule has 3 aromatic rings. The molecule has 0 atom stereocenters. The lowest BCUT2D eigenvalue weighted by Crippen LogP contribution is -2.13. The number of halogens is 2. The van der Waals surface area contributed by atoms with Crippen LogP contribution in [0.3, 0.4) is 0 Å². The number of nitrogens with zero attached hydrogens (tertiary/aromatic N) is 5. The van der Waals surface area contributed by atoms with Crippen molar-refractivity contribution >= 4 is 23.2 Å². The lowest BCUT2D eigenvalue weighted by molar-refractivity contribution is -0.116. The van der Waals surface area contributed by atoms with E-state index < -0.39 is 5.82 Å². The van der Waals surface area contributed by atoms with Gasteiger partial charge >= 0.3 is 0 Å². The minimum Gasteiger partial charge on any atom is -0.325 e. The normalized spacial score (nSPS) is 10.6. The molecule has 1 N–H and O–H groups in total. The maximum Gasteiger partial charge on any atom is 0.224 e. The molecule has 0 radical (unpaired) electrons. The maximum atomic E-state index is 13.1. The second-order valence-corrected chi connectivity index (χ2v) is 5.39. The van der Waals surface area contributed by atoms with Crippen LogP contribution in [0.4, 0.5) is 10.1 Å². The highest BCUT2D eigenvalue weighted by atomic mass is 35.5. The van der Waals surface area contributed by atoms with Gasteiger partial charge in [0.15, 0.2) is 0 Å². The number of pyridine rings is 1. The molecular weight excluding hydrogens is 335 g/mol. The number of carbonyl (C=O) groups is 1. The van der Waals surface area contributed by atoms with Crippen LogP contribution in [0.15, 0.2) is 43.0 Å². The monoisotopic (exact) mass is 346 g/mol. The van der Waals surface area contributed by atoms with Gasteiger partial charge in [0.2, 0.25) is 5.91 Å². The minimum atomic E-state index is -0.426. The Morgan fingerprint density at radius 2 is 2.17 bits per heavy atom. The summed E-state index contributed by atoms with van der Waals surface area (Å²) < 4.78 is 14.5. The molecule has 3 rings (SSSR count). The van der Waals surface area contributed by atoms with Crippen molar-refractivity contribution in [1.29, 1.82) is 0 Å². The maximum absolute atomic E-state index is 13.1. The van der Waals surface area contributed by atoms with Crippen molar-refractivity contribution in [2.24, 2.45) is 0 Å². The second-order valence-electron chi connectivity index (χ2n) is 4.98. The third-order valence-electron chi connectivity index (χ3n) is 3.24. The van der Waals surface area contributed by atoms with E-state index in [1.165, 1.54) is 23.3 Å². The number of hydrogen-bond acceptors (Lipinski definition) is 5. The summed E-state index contributed by atoms with van der Waals surface area (Å²) in [5, 5.41) is 14.0. The summed E-state index contributed by atoms with van der Waals surface area (Å²) in [6, 6.07) is 6.39. The first-order valence-electron chi connectivity index (χ1n) is 7.04. The Morgan fingerprint density at radius 3 is 2.92 bits per heavy atom. The molecule has 0 bridgehead atoms. The highest BCUT2D eigenvalue weighted by Gasteiger charge is 2.09. The van der Waals surface area contributed by atoms with Gasteiger partial charge < -0.3 is 5.32 Å². The Kier molecular flexibility index (Phi) is 4.76. The second kappa shape index (κ2) is 7.14. The summed E-state index contributed by atoms with van der Waals surface area (Å²) in [4.78, 5) is 15.8. The molecule has 0 saturated carbocycles. The van der Waals surface area contributed by atoms with Crippen molar-refractivity contribution in [1.82, 2.24) is 25.2 Å². The number of anilines is 1. The van der Waals surface area contributed by atoms with Crippen LogP contribution in [-0.4, -0.2) is 31.1 Å². The Bertz CT molecular complexity index is 855. The minimum absolute atomic E-state index is 0.177. The van der Waals surface area contributed by atoms with Crippen LogP contribution >= 0.6 is 11.6 Å². The van der Waals surface area contributed by atoms with E-state index in [1.54, 1.807) is 18.2 Å². The lowest BCUT2D eigenvalue weighted by atomic mass is 10.1. The van der Waals surface area contributed by atoms with Crippen LogP contribution in [0.2, 0.25) is 5.02 Å². The molecule has 122 valence electrons. The van der Waals surface area contributed by atoms with E-state index in [4.69, 9.17) is 11.6 Å². The Morgan fingerprint density at radius 1 is 1.29 bits per heavy atom. The van der Waals surface area contributed by atoms with E-state index in [1.807, 2.05) is 0 Å². The average molecular weight is 347 g/mol. The number of hydrogen-bond donors (Lipinski definition) is 1. The standard InChI is InChI=1S/C15H12ClFN6O/c16-13-3-2-12(23-9-19-21-22-23)6-14(13)20-15(24)4-1-10-5-11(17)8-18-7-10/h2-3,5-9H,1,4H2,(H,20,24). The van der Waals surface area contributed by atoms with Gasteiger partial charge in [0, 0.05) is 12.6 Å². The summed E-state index contributed by atoms with van der Waals surface area (Å²) in [6.45, 7) is 0. The first-order valence-corrected chi connectivity index (χ1v) is 7.42. The topological polar surface area (TPSA) is 85.6 Å². The number of amides is 1. The van der Waals surface area contributed by atoms with Crippen LogP contribution in [0, 0.1) is 5.82 Å². The fraction of sp³-hybridized carbons (Fsp3) is 0.133. The Hall–Kier alpha value is -2.87. The van der Waals surface area contributed by atoms with E-state index in [9.17, 15) is 9.18 Å². The van der Waals surface area contributed by atoms with E-state index >= 15 is 0 Å². The molecule has 1 aromatic carbocycles. The van der Waals surface area contributed by atoms with Crippen LogP contribution in [0.1, 0.15) is 12.0 Å². The third kappa shape index (κ3) is 3.90. The molecule has 0 saturated heterocycles. The van der Waals surface area contributed by atoms with Crippen LogP contribution in [-0.2, 0) is 11.2 Å². The number of carbonyl (C=O) groups excluding carboxylic acids is 1. The quantitative estimate of drug-likeness (QED) is 0.766. The van der Waals surface area contributed by atoms with Gasteiger partial charge in [-0.15, -0.1) is 5.10 Å². The molecule has 0 unspecified atom stereocenters. The molecule has 24 heavy (non-hydrogen) atoms. The molecular formula is C15H12ClFN6O. The smallest absolute Gasteiger partial charge is 0.224 e. The van der Waals surface area contributed by atoms with Gasteiger partial charge in [-0.3, -0.25) is 9.78 Å². The van der Waals surface area contributed by atoms with Gasteiger partial charge in [0.05, 0.1) is 22.6 Å². The predicted octanol–water partition coefficient (Wildman–Crippen LogP) is 2.42. The van der Waals surface area contributed by atoms with Gasteiger partial charge in [-0.2, -0.15) is 0 Å². The molecule has 9 heteroatoms. The van der Waals surface area contributed by atoms with E-state index in [0.717, 1.165) is 6.20 Å². The molecule has 7 nitrogen and oxygen atoms in total. The summed E-state index contributed by atoms with van der Waals surface area (Å²) in [7, 11) is 0. The van der Waals surface area contributed by atoms with Crippen molar-refractivity contribution in [2.45, 2.75) is 12.8 Å². The summed E-state index contributed by atoms with van der Waals surface area (Å²) in [5.74, 6) is -0.667. The summed E-state index contributed by atoms with van der Waals surface area (Å²) in [6.07, 6.45) is 4.64. The molecule has 1 amide bonds. The van der Waals surface area contributed by atoms with Gasteiger partial charge in [-0.05, 0) is 46.7 Å². The van der Waals surface area contributed by atoms with Gasteiger partial charge in [0.25, 0.3) is 0 Å². The number of tetrazole rings is 1. The first kappa shape index (κ1) is 16.0. The van der Waals surface area contributed by atoms with E-state index in [-0.39, 0.29) is 12.3 Å². The molecule has 2 heterocycles. The van der Waals surface area contributed by atoms with Crippen molar-refractivity contribution in [2.75, 3.05) is 5.32 Å². The van der Waals surface area contributed by atoms with Gasteiger partial charge in [-0.25, -0.2) is 9.07 Å². The first-order chi connectivity index (χ1) is 11.6. The molecule has 0 spiro atoms. The Balaban J connectivity index is 1.66. The van der Waals surface area contributed by atoms with Gasteiger partial charge in [0.1, 0.15) is 12.1 Å². The van der Waals surface area contributed by atoms with E-state index in [0.29, 0.717) is 28.4 Å². The highest BCUT2D eigenvalue weighted by molar-refractivity contribution is 6.33. The summed E-state index contributed by atoms with van der Waals surface area (Å²) >= 11 is 6.10. The fourth-order valence-electron chi connectivity index (χ4n) is 2.09. The zero-order valence-corrected chi connectivity index (χ0v) is 13.1. The van der Waals surface area contributed by atoms with Crippen molar-refractivity contribution < 1.29 is 9.18 Å². The SMILES string of the molecule is O=C(CCc1cncc(F)c1)Nc1cc(-n2cnnn2)ccc1Cl. The van der Waals surface area contributed by atoms with Crippen LogP contribution in [0.25, 0.3) is 5.69 Å². The zero-order valence-electron chi connectivity index (χ0n) is 12.4.